The van der Waals surface area contributed by atoms with Gasteiger partial charge in [0.2, 0.25) is 0 Å². The van der Waals surface area contributed by atoms with Crippen molar-refractivity contribution in [3.8, 4) is 17.5 Å². The van der Waals surface area contributed by atoms with Gasteiger partial charge < -0.3 is 4.98 Å². The Bertz CT molecular complexity index is 1090. The Labute approximate surface area is 153 Å². The first-order chi connectivity index (χ1) is 12.8. The van der Waals surface area contributed by atoms with Crippen LogP contribution in [0.25, 0.3) is 11.4 Å². The number of aromatic nitrogens is 2. The van der Waals surface area contributed by atoms with Gasteiger partial charge >= 0.3 is 6.18 Å². The maximum Gasteiger partial charge on any atom is 0.416 e. The van der Waals surface area contributed by atoms with Gasteiger partial charge in [0.25, 0.3) is 5.91 Å². The van der Waals surface area contributed by atoms with Crippen molar-refractivity contribution >= 4 is 22.4 Å². The van der Waals surface area contributed by atoms with Crippen molar-refractivity contribution < 1.29 is 18.0 Å². The zero-order valence-electron chi connectivity index (χ0n) is 13.3. The number of hydrogen-bond donors (Lipinski definition) is 2. The van der Waals surface area contributed by atoms with Gasteiger partial charge in [-0.25, -0.2) is 4.98 Å². The number of rotatable bonds is 3. The molecule has 2 N–H and O–H groups in total. The molecule has 1 amide bonds. The van der Waals surface area contributed by atoms with Crippen LogP contribution in [0.3, 0.4) is 0 Å². The van der Waals surface area contributed by atoms with Gasteiger partial charge in [0, 0.05) is 23.9 Å². The van der Waals surface area contributed by atoms with E-state index in [4.69, 9.17) is 0 Å². The van der Waals surface area contributed by atoms with E-state index < -0.39 is 17.6 Å². The molecule has 1 aromatic carbocycles. The summed E-state index contributed by atoms with van der Waals surface area (Å²) in [7, 11) is 0. The molecule has 0 radical (unpaired) electrons. The van der Waals surface area contributed by atoms with Crippen LogP contribution in [0.2, 0.25) is 0 Å². The Morgan fingerprint density at radius 3 is 2.52 bits per heavy atom. The maximum atomic E-state index is 12.6. The van der Waals surface area contributed by atoms with Gasteiger partial charge in [-0.05, 0) is 24.3 Å². The second kappa shape index (κ2) is 7.05. The second-order valence-electron chi connectivity index (χ2n) is 5.28. The molecular formula is C17H9F3N4O2S. The standard InChI is InChI=1S/C17H9F3N4O2S/c18-17(19,20)10-3-1-9(2-4-10)15(26)24-16-23-14(13(8-21)27-16)12-7-11(25)5-6-22-12/h1-7H,(H,22,25)(H,23,24,26). The fourth-order valence-corrected chi connectivity index (χ4v) is 2.97. The molecule has 0 aliphatic heterocycles. The lowest BCUT2D eigenvalue weighted by atomic mass is 10.1. The van der Waals surface area contributed by atoms with E-state index in [2.05, 4.69) is 15.3 Å². The fraction of sp³-hybridized carbons (Fsp3) is 0.0588. The summed E-state index contributed by atoms with van der Waals surface area (Å²) in [6, 6.07) is 8.19. The van der Waals surface area contributed by atoms with Crippen LogP contribution >= 0.6 is 11.3 Å². The number of aromatic amines is 1. The lowest BCUT2D eigenvalue weighted by Crippen LogP contribution is -2.12. The second-order valence-corrected chi connectivity index (χ2v) is 6.27. The van der Waals surface area contributed by atoms with Gasteiger partial charge in [-0.1, -0.05) is 11.3 Å². The molecule has 0 bridgehead atoms. The van der Waals surface area contributed by atoms with Crippen LogP contribution in [0.5, 0.6) is 0 Å². The summed E-state index contributed by atoms with van der Waals surface area (Å²) in [6.07, 6.45) is -3.09. The summed E-state index contributed by atoms with van der Waals surface area (Å²) in [5.74, 6) is -0.671. The highest BCUT2D eigenvalue weighted by Gasteiger charge is 2.30. The molecule has 10 heteroatoms. The third-order valence-electron chi connectivity index (χ3n) is 3.45. The molecule has 0 fully saturated rings. The number of benzene rings is 1. The summed E-state index contributed by atoms with van der Waals surface area (Å²) in [4.78, 5) is 30.7. The molecule has 136 valence electrons. The van der Waals surface area contributed by atoms with Crippen LogP contribution in [0.4, 0.5) is 18.3 Å². The van der Waals surface area contributed by atoms with E-state index in [0.29, 0.717) is 5.69 Å². The summed E-state index contributed by atoms with van der Waals surface area (Å²) >= 11 is 0.884. The quantitative estimate of drug-likeness (QED) is 0.713. The number of H-pyrrole nitrogens is 1. The minimum Gasteiger partial charge on any atom is -0.360 e. The van der Waals surface area contributed by atoms with Crippen molar-refractivity contribution in [2.45, 2.75) is 6.18 Å². The van der Waals surface area contributed by atoms with Crippen molar-refractivity contribution in [3.63, 3.8) is 0 Å². The third kappa shape index (κ3) is 4.04. The molecule has 0 saturated heterocycles. The summed E-state index contributed by atoms with van der Waals surface area (Å²) < 4.78 is 37.7. The zero-order chi connectivity index (χ0) is 19.6. The zero-order valence-corrected chi connectivity index (χ0v) is 14.1. The number of hydrogen-bond acceptors (Lipinski definition) is 5. The predicted molar refractivity (Wildman–Crippen MR) is 92.3 cm³/mol. The molecule has 0 spiro atoms. The monoisotopic (exact) mass is 390 g/mol. The summed E-state index contributed by atoms with van der Waals surface area (Å²) in [6.45, 7) is 0. The van der Waals surface area contributed by atoms with Crippen molar-refractivity contribution in [2.75, 3.05) is 5.32 Å². The first-order valence-corrected chi connectivity index (χ1v) is 8.18. The molecule has 6 nitrogen and oxygen atoms in total. The molecule has 0 atom stereocenters. The number of nitrogens with zero attached hydrogens (tertiary/aromatic N) is 2. The van der Waals surface area contributed by atoms with E-state index in [1.165, 1.54) is 18.3 Å². The molecular weight excluding hydrogens is 381 g/mol. The van der Waals surface area contributed by atoms with Crippen LogP contribution in [-0.2, 0) is 6.18 Å². The average Bonchev–Trinajstić information content (AvgIpc) is 3.04. The number of nitriles is 1. The number of nitrogens with one attached hydrogen (secondary N) is 2. The maximum absolute atomic E-state index is 12.6. The van der Waals surface area contributed by atoms with Crippen molar-refractivity contribution in [3.05, 3.63) is 68.8 Å². The third-order valence-corrected chi connectivity index (χ3v) is 4.33. The normalized spacial score (nSPS) is 11.0. The summed E-state index contributed by atoms with van der Waals surface area (Å²) in [5.41, 5.74) is -0.633. The van der Waals surface area contributed by atoms with E-state index >= 15 is 0 Å². The first-order valence-electron chi connectivity index (χ1n) is 7.36. The first kappa shape index (κ1) is 18.3. The number of pyridine rings is 1. The molecule has 0 aliphatic rings. The Hall–Kier alpha value is -3.45. The summed E-state index contributed by atoms with van der Waals surface area (Å²) in [5, 5.41) is 11.7. The van der Waals surface area contributed by atoms with E-state index in [9.17, 15) is 28.0 Å². The van der Waals surface area contributed by atoms with Crippen LogP contribution in [0.15, 0.2) is 47.4 Å². The Morgan fingerprint density at radius 1 is 1.22 bits per heavy atom. The number of carbonyl (C=O) groups excluding carboxylic acids is 1. The Balaban J connectivity index is 1.85. The van der Waals surface area contributed by atoms with Gasteiger partial charge in [0.15, 0.2) is 10.6 Å². The molecule has 3 aromatic rings. The molecule has 2 heterocycles. The lowest BCUT2D eigenvalue weighted by Gasteiger charge is -2.07. The van der Waals surface area contributed by atoms with Crippen LogP contribution in [-0.4, -0.2) is 15.9 Å². The van der Waals surface area contributed by atoms with Crippen molar-refractivity contribution in [2.24, 2.45) is 0 Å². The fourth-order valence-electron chi connectivity index (χ4n) is 2.19. The Morgan fingerprint density at radius 2 is 1.93 bits per heavy atom. The lowest BCUT2D eigenvalue weighted by molar-refractivity contribution is -0.137. The SMILES string of the molecule is N#Cc1sc(NC(=O)c2ccc(C(F)(F)F)cc2)nc1-c1cc(=O)cc[nH]1. The molecule has 0 saturated carbocycles. The largest absolute Gasteiger partial charge is 0.416 e. The number of amides is 1. The van der Waals surface area contributed by atoms with E-state index in [-0.39, 0.29) is 26.7 Å². The van der Waals surface area contributed by atoms with Crippen LogP contribution < -0.4 is 10.7 Å². The number of alkyl halides is 3. The van der Waals surface area contributed by atoms with E-state index in [0.717, 1.165) is 35.6 Å². The number of halogens is 3. The van der Waals surface area contributed by atoms with Gasteiger partial charge in [-0.2, -0.15) is 18.4 Å². The Kier molecular flexibility index (Phi) is 4.79. The molecule has 0 unspecified atom stereocenters. The average molecular weight is 390 g/mol. The van der Waals surface area contributed by atoms with E-state index in [1.807, 2.05) is 6.07 Å². The highest BCUT2D eigenvalue weighted by atomic mass is 32.1. The number of anilines is 1. The van der Waals surface area contributed by atoms with Gasteiger partial charge in [0.1, 0.15) is 16.6 Å². The van der Waals surface area contributed by atoms with Crippen molar-refractivity contribution in [1.82, 2.24) is 9.97 Å². The number of thiazole rings is 1. The van der Waals surface area contributed by atoms with Crippen molar-refractivity contribution in [1.29, 1.82) is 5.26 Å². The predicted octanol–water partition coefficient (Wildman–Crippen LogP) is 3.64. The van der Waals surface area contributed by atoms with Gasteiger partial charge in [-0.15, -0.1) is 0 Å². The van der Waals surface area contributed by atoms with Gasteiger partial charge in [0.05, 0.1) is 11.3 Å². The van der Waals surface area contributed by atoms with Crippen LogP contribution in [0, 0.1) is 11.3 Å². The minimum atomic E-state index is -4.49. The highest BCUT2D eigenvalue weighted by Crippen LogP contribution is 2.30. The van der Waals surface area contributed by atoms with Crippen LogP contribution in [0.1, 0.15) is 20.8 Å². The number of carbonyl (C=O) groups is 1. The van der Waals surface area contributed by atoms with Gasteiger partial charge in [-0.3, -0.25) is 14.9 Å². The molecule has 0 aliphatic carbocycles. The molecule has 3 rings (SSSR count). The van der Waals surface area contributed by atoms with E-state index in [1.54, 1.807) is 0 Å². The minimum absolute atomic E-state index is 0.00590. The highest BCUT2D eigenvalue weighted by molar-refractivity contribution is 7.16. The molecule has 27 heavy (non-hydrogen) atoms. The topological polar surface area (TPSA) is 98.6 Å². The smallest absolute Gasteiger partial charge is 0.360 e. The molecule has 2 aromatic heterocycles.